The molecular weight excluding hydrogens is 248 g/mol. The van der Waals surface area contributed by atoms with Crippen LogP contribution in [0.4, 0.5) is 0 Å². The van der Waals surface area contributed by atoms with Gasteiger partial charge in [-0.1, -0.05) is 13.8 Å². The van der Waals surface area contributed by atoms with E-state index in [1.807, 2.05) is 13.8 Å². The Balaban J connectivity index is 3.42. The summed E-state index contributed by atoms with van der Waals surface area (Å²) in [4.78, 5) is 11.2. The van der Waals surface area contributed by atoms with Crippen LogP contribution in [0, 0.1) is 0 Å². The fourth-order valence-electron chi connectivity index (χ4n) is 1.54. The molecule has 0 aliphatic rings. The molecule has 0 aromatic rings. The average Bonchev–Trinajstić information content (AvgIpc) is 2.34. The highest BCUT2D eigenvalue weighted by Gasteiger charge is 2.15. The van der Waals surface area contributed by atoms with Gasteiger partial charge < -0.3 is 25.3 Å². The zero-order chi connectivity index (χ0) is 14.5. The molecule has 0 aromatic carbocycles. The molecule has 1 atom stereocenters. The quantitative estimate of drug-likeness (QED) is 0.473. The minimum atomic E-state index is -0.340. The average molecular weight is 276 g/mol. The summed E-state index contributed by atoms with van der Waals surface area (Å²) in [5, 5.41) is 3.10. The topological polar surface area (TPSA) is 82.8 Å². The van der Waals surface area contributed by atoms with Gasteiger partial charge in [0.2, 0.25) is 5.91 Å². The Labute approximate surface area is 116 Å². The third-order valence-corrected chi connectivity index (χ3v) is 2.44. The predicted octanol–water partition coefficient (Wildman–Crippen LogP) is 0.298. The number of methoxy groups -OCH3 is 1. The number of nitrogens with one attached hydrogen (secondary N) is 1. The summed E-state index contributed by atoms with van der Waals surface area (Å²) in [6.07, 6.45) is 1.47. The Kier molecular flexibility index (Phi) is 11.9. The summed E-state index contributed by atoms with van der Waals surface area (Å²) in [6, 6.07) is -0.107. The lowest BCUT2D eigenvalue weighted by molar-refractivity contribution is -0.120. The fraction of sp³-hybridized carbons (Fsp3) is 0.923. The monoisotopic (exact) mass is 276 g/mol. The molecular formula is C13H28N2O4. The second kappa shape index (κ2) is 12.3. The molecule has 3 N–H and O–H groups in total. The normalized spacial score (nSPS) is 12.8. The number of hydrogen-bond donors (Lipinski definition) is 2. The molecule has 0 radical (unpaired) electrons. The van der Waals surface area contributed by atoms with Crippen molar-refractivity contribution >= 4 is 5.91 Å². The summed E-state index contributed by atoms with van der Waals surface area (Å²) in [6.45, 7) is 6.92. The summed E-state index contributed by atoms with van der Waals surface area (Å²) in [7, 11) is 1.67. The maximum Gasteiger partial charge on any atom is 0.234 e. The maximum absolute atomic E-state index is 11.2. The number of hydrogen-bond acceptors (Lipinski definition) is 5. The van der Waals surface area contributed by atoms with Crippen molar-refractivity contribution in [2.24, 2.45) is 5.73 Å². The Hall–Kier alpha value is -0.690. The van der Waals surface area contributed by atoms with Gasteiger partial charge in [0.15, 0.2) is 0 Å². The van der Waals surface area contributed by atoms with Gasteiger partial charge in [0.05, 0.1) is 19.3 Å². The summed E-state index contributed by atoms with van der Waals surface area (Å²) in [5.41, 5.74) is 5.30. The zero-order valence-electron chi connectivity index (χ0n) is 12.3. The molecule has 0 aliphatic carbocycles. The summed E-state index contributed by atoms with van der Waals surface area (Å²) >= 11 is 0. The van der Waals surface area contributed by atoms with Crippen LogP contribution >= 0.6 is 0 Å². The smallest absolute Gasteiger partial charge is 0.234 e. The van der Waals surface area contributed by atoms with Gasteiger partial charge in [0, 0.05) is 33.0 Å². The van der Waals surface area contributed by atoms with E-state index in [0.29, 0.717) is 39.5 Å². The number of nitrogens with two attached hydrogens (primary N) is 1. The molecule has 114 valence electrons. The van der Waals surface area contributed by atoms with Crippen LogP contribution in [0.1, 0.15) is 26.7 Å². The molecule has 0 aromatic heterocycles. The van der Waals surface area contributed by atoms with Crippen molar-refractivity contribution in [3.63, 3.8) is 0 Å². The van der Waals surface area contributed by atoms with E-state index in [9.17, 15) is 4.79 Å². The first-order chi connectivity index (χ1) is 9.07. The number of rotatable bonds is 13. The molecule has 0 bridgehead atoms. The molecule has 0 aliphatic heterocycles. The second-order valence-corrected chi connectivity index (χ2v) is 4.64. The number of carbonyl (C=O) groups excluding carboxylic acids is 1. The van der Waals surface area contributed by atoms with Gasteiger partial charge >= 0.3 is 0 Å². The summed E-state index contributed by atoms with van der Waals surface area (Å²) in [5.74, 6) is -0.340. The molecule has 1 unspecified atom stereocenters. The lowest BCUT2D eigenvalue weighted by atomic mass is 10.2. The molecule has 19 heavy (non-hydrogen) atoms. The SMILES string of the molecule is COCCCOCCOCCC(NC(C)C)C(N)=O. The van der Waals surface area contributed by atoms with Crippen LogP contribution in [0.15, 0.2) is 0 Å². The van der Waals surface area contributed by atoms with E-state index in [2.05, 4.69) is 5.32 Å². The molecule has 0 spiro atoms. The molecule has 1 amide bonds. The Bertz CT molecular complexity index is 225. The van der Waals surface area contributed by atoms with Crippen LogP contribution in [0.2, 0.25) is 0 Å². The minimum Gasteiger partial charge on any atom is -0.385 e. The Morgan fingerprint density at radius 3 is 2.26 bits per heavy atom. The van der Waals surface area contributed by atoms with E-state index in [4.69, 9.17) is 19.9 Å². The van der Waals surface area contributed by atoms with Crippen molar-refractivity contribution in [3.05, 3.63) is 0 Å². The first kappa shape index (κ1) is 18.3. The Morgan fingerprint density at radius 1 is 1.11 bits per heavy atom. The van der Waals surface area contributed by atoms with E-state index in [0.717, 1.165) is 6.42 Å². The molecule has 0 fully saturated rings. The van der Waals surface area contributed by atoms with Crippen LogP contribution in [-0.2, 0) is 19.0 Å². The van der Waals surface area contributed by atoms with Gasteiger partial charge in [0.1, 0.15) is 0 Å². The molecule has 0 heterocycles. The van der Waals surface area contributed by atoms with Crippen molar-refractivity contribution in [1.82, 2.24) is 5.32 Å². The standard InChI is InChI=1S/C13H28N2O4/c1-11(2)15-12(13(14)16)5-8-19-10-9-18-7-4-6-17-3/h11-12,15H,4-10H2,1-3H3,(H2,14,16). The van der Waals surface area contributed by atoms with E-state index >= 15 is 0 Å². The largest absolute Gasteiger partial charge is 0.385 e. The van der Waals surface area contributed by atoms with E-state index in [1.165, 1.54) is 0 Å². The van der Waals surface area contributed by atoms with Crippen LogP contribution in [0.5, 0.6) is 0 Å². The zero-order valence-corrected chi connectivity index (χ0v) is 12.3. The van der Waals surface area contributed by atoms with Crippen molar-refractivity contribution < 1.29 is 19.0 Å². The summed E-state index contributed by atoms with van der Waals surface area (Å²) < 4.78 is 15.6. The minimum absolute atomic E-state index is 0.224. The van der Waals surface area contributed by atoms with E-state index in [1.54, 1.807) is 7.11 Å². The van der Waals surface area contributed by atoms with Gasteiger partial charge in [-0.25, -0.2) is 0 Å². The van der Waals surface area contributed by atoms with Crippen LogP contribution in [-0.4, -0.2) is 58.1 Å². The number of primary amides is 1. The van der Waals surface area contributed by atoms with Gasteiger partial charge in [-0.3, -0.25) is 4.79 Å². The highest BCUT2D eigenvalue weighted by molar-refractivity contribution is 5.79. The predicted molar refractivity (Wildman–Crippen MR) is 74.0 cm³/mol. The first-order valence-electron chi connectivity index (χ1n) is 6.77. The van der Waals surface area contributed by atoms with Crippen LogP contribution in [0.25, 0.3) is 0 Å². The first-order valence-corrected chi connectivity index (χ1v) is 6.77. The van der Waals surface area contributed by atoms with Crippen molar-refractivity contribution in [1.29, 1.82) is 0 Å². The molecule has 6 nitrogen and oxygen atoms in total. The van der Waals surface area contributed by atoms with Crippen molar-refractivity contribution in [2.75, 3.05) is 40.1 Å². The third kappa shape index (κ3) is 12.1. The van der Waals surface area contributed by atoms with Gasteiger partial charge in [0.25, 0.3) is 0 Å². The number of carbonyl (C=O) groups is 1. The molecule has 6 heteroatoms. The lowest BCUT2D eigenvalue weighted by Crippen LogP contribution is -2.45. The molecule has 0 saturated heterocycles. The van der Waals surface area contributed by atoms with Crippen LogP contribution < -0.4 is 11.1 Å². The second-order valence-electron chi connectivity index (χ2n) is 4.64. The maximum atomic E-state index is 11.2. The molecule has 0 saturated carbocycles. The lowest BCUT2D eigenvalue weighted by Gasteiger charge is -2.18. The highest BCUT2D eigenvalue weighted by Crippen LogP contribution is 1.95. The van der Waals surface area contributed by atoms with Gasteiger partial charge in [-0.2, -0.15) is 0 Å². The van der Waals surface area contributed by atoms with Crippen molar-refractivity contribution in [3.8, 4) is 0 Å². The third-order valence-electron chi connectivity index (χ3n) is 2.44. The van der Waals surface area contributed by atoms with E-state index < -0.39 is 0 Å². The Morgan fingerprint density at radius 2 is 1.74 bits per heavy atom. The number of amides is 1. The van der Waals surface area contributed by atoms with Crippen LogP contribution in [0.3, 0.4) is 0 Å². The fourth-order valence-corrected chi connectivity index (χ4v) is 1.54. The number of ether oxygens (including phenoxy) is 3. The van der Waals surface area contributed by atoms with Crippen molar-refractivity contribution in [2.45, 2.75) is 38.8 Å². The van der Waals surface area contributed by atoms with Gasteiger partial charge in [-0.15, -0.1) is 0 Å². The van der Waals surface area contributed by atoms with Gasteiger partial charge in [-0.05, 0) is 12.8 Å². The molecule has 0 rings (SSSR count). The highest BCUT2D eigenvalue weighted by atomic mass is 16.5. The van der Waals surface area contributed by atoms with E-state index in [-0.39, 0.29) is 18.0 Å².